The van der Waals surface area contributed by atoms with Crippen molar-refractivity contribution in [3.63, 3.8) is 0 Å². The summed E-state index contributed by atoms with van der Waals surface area (Å²) in [6.07, 6.45) is 0.309. The molecule has 0 aliphatic heterocycles. The Morgan fingerprint density at radius 3 is 2.35 bits per heavy atom. The first-order valence-electron chi connectivity index (χ1n) is 6.56. The van der Waals surface area contributed by atoms with Crippen LogP contribution >= 0.6 is 11.6 Å². The molecule has 5 nitrogen and oxygen atoms in total. The second kappa shape index (κ2) is 7.97. The van der Waals surface area contributed by atoms with Gasteiger partial charge < -0.3 is 20.3 Å². The summed E-state index contributed by atoms with van der Waals surface area (Å²) in [5.41, 5.74) is 6.66. The van der Waals surface area contributed by atoms with E-state index in [9.17, 15) is 4.79 Å². The Balaban J connectivity index is 3.00. The summed E-state index contributed by atoms with van der Waals surface area (Å²) in [4.78, 5) is 10.6. The fraction of sp³-hybridized carbons (Fsp3) is 0.500. The fourth-order valence-electron chi connectivity index (χ4n) is 1.81. The van der Waals surface area contributed by atoms with Crippen LogP contribution in [0.5, 0.6) is 11.5 Å². The van der Waals surface area contributed by atoms with Crippen LogP contribution in [-0.4, -0.2) is 24.3 Å². The first kappa shape index (κ1) is 16.6. The van der Waals surface area contributed by atoms with E-state index in [1.807, 2.05) is 13.8 Å². The highest BCUT2D eigenvalue weighted by atomic mass is 35.5. The Morgan fingerprint density at radius 1 is 1.30 bits per heavy atom. The number of rotatable bonds is 8. The normalized spacial score (nSPS) is 12.0. The Labute approximate surface area is 123 Å². The molecule has 0 spiro atoms. The third kappa shape index (κ3) is 4.58. The summed E-state index contributed by atoms with van der Waals surface area (Å²) >= 11 is 6.18. The van der Waals surface area contributed by atoms with E-state index in [2.05, 4.69) is 0 Å². The minimum Gasteiger partial charge on any atom is -0.490 e. The molecule has 0 bridgehead atoms. The molecule has 0 fully saturated rings. The summed E-state index contributed by atoms with van der Waals surface area (Å²) < 4.78 is 11.0. The van der Waals surface area contributed by atoms with Gasteiger partial charge in [0.05, 0.1) is 13.2 Å². The van der Waals surface area contributed by atoms with Gasteiger partial charge in [-0.2, -0.15) is 0 Å². The Morgan fingerprint density at radius 2 is 1.85 bits per heavy atom. The molecule has 1 aromatic rings. The second-order valence-corrected chi connectivity index (χ2v) is 4.63. The van der Waals surface area contributed by atoms with Gasteiger partial charge in [-0.3, -0.25) is 4.79 Å². The zero-order valence-electron chi connectivity index (χ0n) is 11.7. The molecule has 1 unspecified atom stereocenters. The lowest BCUT2D eigenvalue weighted by atomic mass is 10.0. The predicted octanol–water partition coefficient (Wildman–Crippen LogP) is 3.00. The van der Waals surface area contributed by atoms with E-state index in [0.29, 0.717) is 41.7 Å². The molecule has 20 heavy (non-hydrogen) atoms. The zero-order chi connectivity index (χ0) is 15.1. The molecule has 0 aliphatic carbocycles. The van der Waals surface area contributed by atoms with Crippen LogP contribution < -0.4 is 15.2 Å². The van der Waals surface area contributed by atoms with Gasteiger partial charge >= 0.3 is 5.97 Å². The number of halogens is 1. The molecule has 1 aromatic carbocycles. The Hall–Kier alpha value is -1.46. The number of carboxylic acid groups (broad SMARTS) is 1. The van der Waals surface area contributed by atoms with Crippen molar-refractivity contribution >= 4 is 17.6 Å². The van der Waals surface area contributed by atoms with Crippen LogP contribution in [-0.2, 0) is 4.79 Å². The molecule has 0 saturated heterocycles. The first-order valence-corrected chi connectivity index (χ1v) is 6.93. The van der Waals surface area contributed by atoms with Crippen molar-refractivity contribution in [3.8, 4) is 11.5 Å². The van der Waals surface area contributed by atoms with Crippen molar-refractivity contribution in [2.45, 2.75) is 32.7 Å². The van der Waals surface area contributed by atoms with Crippen molar-refractivity contribution in [1.29, 1.82) is 0 Å². The van der Waals surface area contributed by atoms with E-state index < -0.39 is 12.0 Å². The molecule has 112 valence electrons. The minimum absolute atomic E-state index is 0.00528. The Bertz CT molecular complexity index is 465. The highest BCUT2D eigenvalue weighted by Gasteiger charge is 2.16. The molecule has 1 atom stereocenters. The molecular formula is C14H20ClNO4. The van der Waals surface area contributed by atoms with Gasteiger partial charge in [-0.15, -0.1) is 0 Å². The van der Waals surface area contributed by atoms with Crippen LogP contribution in [0.15, 0.2) is 12.1 Å². The molecule has 0 saturated carbocycles. The summed E-state index contributed by atoms with van der Waals surface area (Å²) in [6.45, 7) is 4.73. The largest absolute Gasteiger partial charge is 0.490 e. The van der Waals surface area contributed by atoms with Gasteiger partial charge in [-0.25, -0.2) is 0 Å². The van der Waals surface area contributed by atoms with Crippen LogP contribution in [0.1, 0.15) is 38.3 Å². The molecule has 1 rings (SSSR count). The second-order valence-electron chi connectivity index (χ2n) is 4.23. The quantitative estimate of drug-likeness (QED) is 0.771. The van der Waals surface area contributed by atoms with Crippen LogP contribution in [0.25, 0.3) is 0 Å². The predicted molar refractivity (Wildman–Crippen MR) is 77.6 cm³/mol. The number of nitrogens with two attached hydrogens (primary N) is 1. The molecule has 6 heteroatoms. The maximum atomic E-state index is 10.6. The van der Waals surface area contributed by atoms with Gasteiger partial charge in [0, 0.05) is 23.6 Å². The van der Waals surface area contributed by atoms with Crippen LogP contribution in [0.2, 0.25) is 5.02 Å². The number of hydrogen-bond acceptors (Lipinski definition) is 4. The maximum Gasteiger partial charge on any atom is 0.303 e. The van der Waals surface area contributed by atoms with Crippen LogP contribution in [0, 0.1) is 0 Å². The number of carboxylic acids is 1. The highest BCUT2D eigenvalue weighted by Crippen LogP contribution is 2.36. The molecule has 0 radical (unpaired) electrons. The van der Waals surface area contributed by atoms with Crippen molar-refractivity contribution in [2.75, 3.05) is 13.2 Å². The lowest BCUT2D eigenvalue weighted by Gasteiger charge is -2.17. The van der Waals surface area contributed by atoms with Gasteiger partial charge in [-0.1, -0.05) is 11.6 Å². The van der Waals surface area contributed by atoms with Crippen LogP contribution in [0.4, 0.5) is 0 Å². The van der Waals surface area contributed by atoms with Gasteiger partial charge in [0.2, 0.25) is 0 Å². The third-order valence-corrected chi connectivity index (χ3v) is 3.06. The zero-order valence-corrected chi connectivity index (χ0v) is 12.4. The number of benzene rings is 1. The summed E-state index contributed by atoms with van der Waals surface area (Å²) in [5.74, 6) is 0.251. The molecule has 0 aliphatic rings. The molecule has 0 heterocycles. The Kier molecular flexibility index (Phi) is 6.61. The summed E-state index contributed by atoms with van der Waals surface area (Å²) in [5, 5.41) is 9.15. The van der Waals surface area contributed by atoms with E-state index in [1.54, 1.807) is 12.1 Å². The van der Waals surface area contributed by atoms with Gasteiger partial charge in [0.1, 0.15) is 0 Å². The topological polar surface area (TPSA) is 81.8 Å². The lowest BCUT2D eigenvalue weighted by Crippen LogP contribution is -2.13. The van der Waals surface area contributed by atoms with Gasteiger partial charge in [0.25, 0.3) is 0 Å². The molecule has 0 amide bonds. The van der Waals surface area contributed by atoms with E-state index in [0.717, 1.165) is 0 Å². The highest BCUT2D eigenvalue weighted by molar-refractivity contribution is 6.31. The fourth-order valence-corrected chi connectivity index (χ4v) is 2.10. The van der Waals surface area contributed by atoms with E-state index in [1.165, 1.54) is 0 Å². The number of hydrogen-bond donors (Lipinski definition) is 2. The SMILES string of the molecule is CCOc1cc(Cl)c(C(N)CCC(=O)O)cc1OCC. The first-order chi connectivity index (χ1) is 9.49. The third-order valence-electron chi connectivity index (χ3n) is 2.73. The van der Waals surface area contributed by atoms with Crippen molar-refractivity contribution in [1.82, 2.24) is 0 Å². The molecular weight excluding hydrogens is 282 g/mol. The van der Waals surface area contributed by atoms with Crippen molar-refractivity contribution < 1.29 is 19.4 Å². The van der Waals surface area contributed by atoms with Gasteiger partial charge in [0.15, 0.2) is 11.5 Å². The smallest absolute Gasteiger partial charge is 0.303 e. The monoisotopic (exact) mass is 301 g/mol. The summed E-state index contributed by atoms with van der Waals surface area (Å²) in [6, 6.07) is 2.93. The lowest BCUT2D eigenvalue weighted by molar-refractivity contribution is -0.137. The minimum atomic E-state index is -0.882. The van der Waals surface area contributed by atoms with Crippen molar-refractivity contribution in [3.05, 3.63) is 22.7 Å². The van der Waals surface area contributed by atoms with Crippen molar-refractivity contribution in [2.24, 2.45) is 5.73 Å². The van der Waals surface area contributed by atoms with E-state index in [-0.39, 0.29) is 6.42 Å². The number of ether oxygens (including phenoxy) is 2. The van der Waals surface area contributed by atoms with E-state index >= 15 is 0 Å². The molecule has 0 aromatic heterocycles. The standard InChI is InChI=1S/C14H20ClNO4/c1-3-19-12-7-9(11(16)5-6-14(17)18)10(15)8-13(12)20-4-2/h7-8,11H,3-6,16H2,1-2H3,(H,17,18). The van der Waals surface area contributed by atoms with E-state index in [4.69, 9.17) is 31.9 Å². The summed E-state index contributed by atoms with van der Waals surface area (Å²) in [7, 11) is 0. The maximum absolute atomic E-state index is 10.6. The van der Waals surface area contributed by atoms with Crippen LogP contribution in [0.3, 0.4) is 0 Å². The van der Waals surface area contributed by atoms with Gasteiger partial charge in [-0.05, 0) is 31.9 Å². The number of aliphatic carboxylic acids is 1. The average molecular weight is 302 g/mol. The molecule has 3 N–H and O–H groups in total. The average Bonchev–Trinajstić information content (AvgIpc) is 2.39. The number of carbonyl (C=O) groups is 1.